The van der Waals surface area contributed by atoms with Gasteiger partial charge in [0.1, 0.15) is 5.65 Å². The van der Waals surface area contributed by atoms with Crippen LogP contribution in [0.5, 0.6) is 0 Å². The second kappa shape index (κ2) is 7.33. The van der Waals surface area contributed by atoms with E-state index < -0.39 is 0 Å². The summed E-state index contributed by atoms with van der Waals surface area (Å²) in [4.78, 5) is 23.6. The van der Waals surface area contributed by atoms with Crippen molar-refractivity contribution in [2.45, 2.75) is 0 Å². The number of pyridine rings is 2. The van der Waals surface area contributed by atoms with Crippen molar-refractivity contribution in [1.82, 2.24) is 20.3 Å². The Morgan fingerprint density at radius 2 is 2.00 bits per heavy atom. The lowest BCUT2D eigenvalue weighted by atomic mass is 10.00. The molecule has 0 unspecified atom stereocenters. The molecule has 0 spiro atoms. The van der Waals surface area contributed by atoms with Crippen LogP contribution in [0.3, 0.4) is 0 Å². The van der Waals surface area contributed by atoms with Crippen LogP contribution in [0.25, 0.3) is 50.5 Å². The van der Waals surface area contributed by atoms with E-state index in [9.17, 15) is 4.79 Å². The number of benzene rings is 1. The van der Waals surface area contributed by atoms with E-state index in [1.807, 2.05) is 48.8 Å². The molecule has 30 heavy (non-hydrogen) atoms. The fraction of sp³-hybridized carbons (Fsp3) is 0.0417. The first-order valence-corrected chi connectivity index (χ1v) is 9.53. The smallest absolute Gasteiger partial charge is 0.243 e. The number of carbonyl (C=O) groups excluding carboxylic acids is 1. The fourth-order valence-electron chi connectivity index (χ4n) is 3.57. The zero-order valence-electron chi connectivity index (χ0n) is 16.2. The number of nitrogens with zero attached hydrogens (tertiary/aromatic N) is 2. The van der Waals surface area contributed by atoms with E-state index in [-0.39, 0.29) is 5.91 Å². The first kappa shape index (κ1) is 17.9. The molecule has 6 heteroatoms. The molecule has 146 valence electrons. The number of hydrogen-bond donors (Lipinski definition) is 2. The van der Waals surface area contributed by atoms with Crippen molar-refractivity contribution in [3.8, 4) is 22.3 Å². The van der Waals surface area contributed by atoms with E-state index in [0.717, 1.165) is 44.2 Å². The molecule has 4 aromatic heterocycles. The molecule has 0 aliphatic heterocycles. The lowest BCUT2D eigenvalue weighted by Crippen LogP contribution is -2.13. The van der Waals surface area contributed by atoms with Crippen molar-refractivity contribution < 1.29 is 9.21 Å². The Morgan fingerprint density at radius 1 is 1.07 bits per heavy atom. The number of carbonyl (C=O) groups is 1. The van der Waals surface area contributed by atoms with Crippen LogP contribution in [-0.2, 0) is 4.79 Å². The summed E-state index contributed by atoms with van der Waals surface area (Å²) < 4.78 is 5.45. The maximum Gasteiger partial charge on any atom is 0.243 e. The lowest BCUT2D eigenvalue weighted by molar-refractivity contribution is -0.115. The summed E-state index contributed by atoms with van der Waals surface area (Å²) >= 11 is 0. The van der Waals surface area contributed by atoms with E-state index in [0.29, 0.717) is 5.71 Å². The van der Waals surface area contributed by atoms with E-state index >= 15 is 0 Å². The van der Waals surface area contributed by atoms with Gasteiger partial charge in [0.05, 0.1) is 6.26 Å². The predicted molar refractivity (Wildman–Crippen MR) is 118 cm³/mol. The largest absolute Gasteiger partial charge is 0.446 e. The number of likely N-dealkylation sites (N-methyl/N-ethyl adjacent to an activating group) is 1. The molecule has 0 saturated heterocycles. The number of furan rings is 1. The van der Waals surface area contributed by atoms with Crippen LogP contribution in [0, 0.1) is 0 Å². The predicted octanol–water partition coefficient (Wildman–Crippen LogP) is 4.80. The van der Waals surface area contributed by atoms with Gasteiger partial charge in [-0.2, -0.15) is 0 Å². The van der Waals surface area contributed by atoms with Gasteiger partial charge in [-0.1, -0.05) is 18.2 Å². The summed E-state index contributed by atoms with van der Waals surface area (Å²) in [6, 6.07) is 14.0. The van der Waals surface area contributed by atoms with Gasteiger partial charge >= 0.3 is 0 Å². The molecule has 0 radical (unpaired) electrons. The zero-order valence-corrected chi connectivity index (χ0v) is 16.2. The van der Waals surface area contributed by atoms with E-state index in [1.165, 1.54) is 6.08 Å². The number of aromatic nitrogens is 3. The molecule has 0 aliphatic rings. The Bertz CT molecular complexity index is 1410. The third-order valence-corrected chi connectivity index (χ3v) is 5.08. The summed E-state index contributed by atoms with van der Waals surface area (Å²) in [7, 11) is 1.61. The number of nitrogens with one attached hydrogen (secondary N) is 2. The Kier molecular flexibility index (Phi) is 4.37. The molecular weight excluding hydrogens is 376 g/mol. The summed E-state index contributed by atoms with van der Waals surface area (Å²) in [6.45, 7) is 0. The third-order valence-electron chi connectivity index (χ3n) is 5.08. The van der Waals surface area contributed by atoms with Gasteiger partial charge < -0.3 is 14.7 Å². The van der Waals surface area contributed by atoms with Crippen LogP contribution in [0.15, 0.2) is 77.8 Å². The SMILES string of the molecule is CNC(=O)C=Cc1cccc(-c2cnc3[nH]cc(-c4ccnc5occc45)c3c2)c1. The highest BCUT2D eigenvalue weighted by atomic mass is 16.3. The van der Waals surface area contributed by atoms with E-state index in [2.05, 4.69) is 26.3 Å². The number of rotatable bonds is 4. The van der Waals surface area contributed by atoms with Gasteiger partial charge in [0.2, 0.25) is 11.6 Å². The lowest BCUT2D eigenvalue weighted by Gasteiger charge is -2.05. The molecule has 0 fully saturated rings. The number of amides is 1. The minimum atomic E-state index is -0.136. The fourth-order valence-corrected chi connectivity index (χ4v) is 3.57. The van der Waals surface area contributed by atoms with Gasteiger partial charge in [-0.15, -0.1) is 0 Å². The highest BCUT2D eigenvalue weighted by Crippen LogP contribution is 2.34. The van der Waals surface area contributed by atoms with Crippen LogP contribution >= 0.6 is 0 Å². The minimum Gasteiger partial charge on any atom is -0.446 e. The monoisotopic (exact) mass is 394 g/mol. The highest BCUT2D eigenvalue weighted by molar-refractivity contribution is 6.03. The van der Waals surface area contributed by atoms with Gasteiger partial charge in [0.15, 0.2) is 0 Å². The molecule has 0 bridgehead atoms. The number of aromatic amines is 1. The van der Waals surface area contributed by atoms with Crippen LogP contribution in [0.4, 0.5) is 0 Å². The maximum absolute atomic E-state index is 11.5. The Balaban J connectivity index is 1.59. The van der Waals surface area contributed by atoms with Crippen LogP contribution in [-0.4, -0.2) is 27.9 Å². The second-order valence-corrected chi connectivity index (χ2v) is 6.89. The summed E-state index contributed by atoms with van der Waals surface area (Å²) in [5.41, 5.74) is 6.49. The van der Waals surface area contributed by atoms with Gasteiger partial charge in [-0.25, -0.2) is 9.97 Å². The molecule has 0 atom stereocenters. The molecule has 6 nitrogen and oxygen atoms in total. The van der Waals surface area contributed by atoms with Crippen LogP contribution in [0.1, 0.15) is 5.56 Å². The molecule has 5 aromatic rings. The summed E-state index contributed by atoms with van der Waals surface area (Å²) in [5.74, 6) is -0.136. The molecule has 5 rings (SSSR count). The Morgan fingerprint density at radius 3 is 2.90 bits per heavy atom. The molecule has 0 aliphatic carbocycles. The molecule has 4 heterocycles. The van der Waals surface area contributed by atoms with Crippen molar-refractivity contribution in [2.75, 3.05) is 7.05 Å². The first-order chi connectivity index (χ1) is 14.7. The highest BCUT2D eigenvalue weighted by Gasteiger charge is 2.13. The maximum atomic E-state index is 11.5. The minimum absolute atomic E-state index is 0.136. The van der Waals surface area contributed by atoms with Gasteiger partial charge in [0, 0.05) is 53.6 Å². The number of hydrogen-bond acceptors (Lipinski definition) is 4. The van der Waals surface area contributed by atoms with Crippen molar-refractivity contribution in [3.05, 3.63) is 79.0 Å². The van der Waals surface area contributed by atoms with Crippen molar-refractivity contribution in [3.63, 3.8) is 0 Å². The van der Waals surface area contributed by atoms with Crippen molar-refractivity contribution in [1.29, 1.82) is 0 Å². The standard InChI is InChI=1S/C24H18N4O2/c1-25-22(29)6-5-15-3-2-4-16(11-15)17-12-20-21(14-28-23(20)27-13-17)18-7-9-26-24-19(18)8-10-30-24/h2-14H,1H3,(H,25,29)(H,27,28). The number of fused-ring (bicyclic) bond motifs is 2. The van der Waals surface area contributed by atoms with Gasteiger partial charge in [-0.3, -0.25) is 4.79 Å². The second-order valence-electron chi connectivity index (χ2n) is 6.89. The van der Waals surface area contributed by atoms with Crippen LogP contribution < -0.4 is 5.32 Å². The first-order valence-electron chi connectivity index (χ1n) is 9.53. The van der Waals surface area contributed by atoms with Crippen molar-refractivity contribution in [2.24, 2.45) is 0 Å². The van der Waals surface area contributed by atoms with Gasteiger partial charge in [-0.05, 0) is 47.0 Å². The molecule has 0 saturated carbocycles. The zero-order chi connectivity index (χ0) is 20.5. The van der Waals surface area contributed by atoms with Gasteiger partial charge in [0.25, 0.3) is 0 Å². The summed E-state index contributed by atoms with van der Waals surface area (Å²) in [6.07, 6.45) is 10.5. The molecular formula is C24H18N4O2. The van der Waals surface area contributed by atoms with Crippen molar-refractivity contribution >= 4 is 34.1 Å². The molecule has 1 aromatic carbocycles. The molecule has 2 N–H and O–H groups in total. The van der Waals surface area contributed by atoms with Crippen LogP contribution in [0.2, 0.25) is 0 Å². The Labute approximate surface area is 172 Å². The van der Waals surface area contributed by atoms with E-state index in [1.54, 1.807) is 25.6 Å². The topological polar surface area (TPSA) is 83.8 Å². The van der Waals surface area contributed by atoms with E-state index in [4.69, 9.17) is 4.42 Å². The molecule has 1 amide bonds. The quantitative estimate of drug-likeness (QED) is 0.429. The summed E-state index contributed by atoms with van der Waals surface area (Å²) in [5, 5.41) is 4.56. The third kappa shape index (κ3) is 3.14. The normalized spacial score (nSPS) is 11.5. The average Bonchev–Trinajstić information content (AvgIpc) is 3.44. The Hall–Kier alpha value is -4.19. The average molecular weight is 394 g/mol. The number of H-pyrrole nitrogens is 1.